The summed E-state index contributed by atoms with van der Waals surface area (Å²) in [5.41, 5.74) is 0.910. The lowest BCUT2D eigenvalue weighted by Crippen LogP contribution is -2.43. The number of ether oxygens (including phenoxy) is 1. The molecule has 0 aliphatic heterocycles. The third-order valence-electron chi connectivity index (χ3n) is 3.52. The van der Waals surface area contributed by atoms with Gasteiger partial charge >= 0.3 is 5.97 Å². The van der Waals surface area contributed by atoms with E-state index in [9.17, 15) is 18.4 Å². The quantitative estimate of drug-likeness (QED) is 0.534. The SMILES string of the molecule is COC(=O)[C@@H](Cc1cccc(I)c1)NC(=O)Cc1ccc(F)cc1F. The second kappa shape index (κ2) is 8.89. The van der Waals surface area contributed by atoms with Crippen LogP contribution < -0.4 is 5.32 Å². The summed E-state index contributed by atoms with van der Waals surface area (Å²) in [6.45, 7) is 0. The molecule has 2 aromatic carbocycles. The minimum Gasteiger partial charge on any atom is -0.467 e. The van der Waals surface area contributed by atoms with Gasteiger partial charge in [0.1, 0.15) is 17.7 Å². The lowest BCUT2D eigenvalue weighted by atomic mass is 10.1. The summed E-state index contributed by atoms with van der Waals surface area (Å²) in [5.74, 6) is -2.66. The number of methoxy groups -OCH3 is 1. The van der Waals surface area contributed by atoms with Gasteiger partial charge in [0, 0.05) is 16.1 Å². The van der Waals surface area contributed by atoms with Gasteiger partial charge in [0.2, 0.25) is 5.91 Å². The van der Waals surface area contributed by atoms with Gasteiger partial charge in [-0.05, 0) is 51.9 Å². The molecule has 1 N–H and O–H groups in total. The van der Waals surface area contributed by atoms with Crippen molar-refractivity contribution in [2.75, 3.05) is 7.11 Å². The lowest BCUT2D eigenvalue weighted by molar-refractivity contribution is -0.145. The topological polar surface area (TPSA) is 55.4 Å². The van der Waals surface area contributed by atoms with Crippen LogP contribution in [0.25, 0.3) is 0 Å². The van der Waals surface area contributed by atoms with Crippen LogP contribution in [0.2, 0.25) is 0 Å². The Morgan fingerprint density at radius 2 is 1.96 bits per heavy atom. The number of halogens is 3. The van der Waals surface area contributed by atoms with E-state index in [4.69, 9.17) is 4.74 Å². The maximum Gasteiger partial charge on any atom is 0.328 e. The molecule has 1 amide bonds. The maximum atomic E-state index is 13.7. The van der Waals surface area contributed by atoms with Crippen LogP contribution in [-0.4, -0.2) is 25.0 Å². The zero-order valence-electron chi connectivity index (χ0n) is 13.4. The Kier molecular flexibility index (Phi) is 6.86. The van der Waals surface area contributed by atoms with Crippen molar-refractivity contribution < 1.29 is 23.1 Å². The fourth-order valence-corrected chi connectivity index (χ4v) is 2.93. The number of rotatable bonds is 6. The number of amides is 1. The summed E-state index contributed by atoms with van der Waals surface area (Å²) >= 11 is 2.15. The van der Waals surface area contributed by atoms with Crippen LogP contribution in [-0.2, 0) is 27.2 Å². The Labute approximate surface area is 157 Å². The highest BCUT2D eigenvalue weighted by Crippen LogP contribution is 2.12. The highest BCUT2D eigenvalue weighted by atomic mass is 127. The van der Waals surface area contributed by atoms with E-state index >= 15 is 0 Å². The van der Waals surface area contributed by atoms with Crippen LogP contribution in [0.3, 0.4) is 0 Å². The van der Waals surface area contributed by atoms with Crippen molar-refractivity contribution in [3.8, 4) is 0 Å². The number of benzene rings is 2. The van der Waals surface area contributed by atoms with Gasteiger partial charge in [0.25, 0.3) is 0 Å². The summed E-state index contributed by atoms with van der Waals surface area (Å²) in [7, 11) is 1.23. The van der Waals surface area contributed by atoms with E-state index in [1.54, 1.807) is 0 Å². The third kappa shape index (κ3) is 5.77. The summed E-state index contributed by atoms with van der Waals surface area (Å²) in [6.07, 6.45) is -0.0485. The van der Waals surface area contributed by atoms with Gasteiger partial charge in [0.15, 0.2) is 0 Å². The predicted molar refractivity (Wildman–Crippen MR) is 96.9 cm³/mol. The maximum absolute atomic E-state index is 13.7. The predicted octanol–water partition coefficient (Wildman–Crippen LogP) is 3.01. The smallest absolute Gasteiger partial charge is 0.328 e. The normalized spacial score (nSPS) is 11.7. The minimum absolute atomic E-state index is 0.0526. The molecule has 2 aromatic rings. The first-order chi connectivity index (χ1) is 11.9. The van der Waals surface area contributed by atoms with Crippen molar-refractivity contribution in [1.29, 1.82) is 0 Å². The van der Waals surface area contributed by atoms with E-state index in [1.807, 2.05) is 24.3 Å². The Morgan fingerprint density at radius 3 is 2.60 bits per heavy atom. The van der Waals surface area contributed by atoms with E-state index in [0.29, 0.717) is 6.07 Å². The second-order valence-corrected chi connectivity index (χ2v) is 6.64. The van der Waals surface area contributed by atoms with Gasteiger partial charge in [-0.25, -0.2) is 13.6 Å². The number of esters is 1. The fourth-order valence-electron chi connectivity index (χ4n) is 2.32. The molecule has 1 atom stereocenters. The van der Waals surface area contributed by atoms with Crippen molar-refractivity contribution in [3.63, 3.8) is 0 Å². The zero-order valence-corrected chi connectivity index (χ0v) is 15.5. The summed E-state index contributed by atoms with van der Waals surface area (Å²) < 4.78 is 32.3. The van der Waals surface area contributed by atoms with Crippen molar-refractivity contribution >= 4 is 34.5 Å². The van der Waals surface area contributed by atoms with Crippen LogP contribution >= 0.6 is 22.6 Å². The molecule has 0 saturated heterocycles. The lowest BCUT2D eigenvalue weighted by Gasteiger charge is -2.17. The molecule has 0 aliphatic carbocycles. The largest absolute Gasteiger partial charge is 0.467 e. The Hall–Kier alpha value is -2.03. The molecule has 0 aromatic heterocycles. The standard InChI is InChI=1S/C18H16F2INO3/c1-25-18(24)16(8-11-3-2-4-14(21)7-11)22-17(23)9-12-5-6-13(19)10-15(12)20/h2-7,10,16H,8-9H2,1H3,(H,22,23)/t16-/m1/s1. The summed E-state index contributed by atoms with van der Waals surface area (Å²) in [4.78, 5) is 24.1. The van der Waals surface area contributed by atoms with Gasteiger partial charge in [-0.1, -0.05) is 18.2 Å². The molecule has 0 aliphatic rings. The highest BCUT2D eigenvalue weighted by Gasteiger charge is 2.22. The molecular formula is C18H16F2INO3. The highest BCUT2D eigenvalue weighted by molar-refractivity contribution is 14.1. The number of hydrogen-bond acceptors (Lipinski definition) is 3. The van der Waals surface area contributed by atoms with Crippen molar-refractivity contribution in [1.82, 2.24) is 5.32 Å². The third-order valence-corrected chi connectivity index (χ3v) is 4.19. The number of carbonyl (C=O) groups is 2. The molecule has 2 rings (SSSR count). The Morgan fingerprint density at radius 1 is 1.20 bits per heavy atom. The Bertz CT molecular complexity index is 783. The van der Waals surface area contributed by atoms with Crippen LogP contribution in [0.5, 0.6) is 0 Å². The second-order valence-electron chi connectivity index (χ2n) is 5.39. The fraction of sp³-hybridized carbons (Fsp3) is 0.222. The molecular weight excluding hydrogens is 443 g/mol. The molecule has 0 spiro atoms. The molecule has 0 saturated carbocycles. The van der Waals surface area contributed by atoms with E-state index in [0.717, 1.165) is 15.2 Å². The number of hydrogen-bond donors (Lipinski definition) is 1. The number of nitrogens with one attached hydrogen (secondary N) is 1. The monoisotopic (exact) mass is 459 g/mol. The van der Waals surface area contributed by atoms with Gasteiger partial charge in [-0.3, -0.25) is 4.79 Å². The van der Waals surface area contributed by atoms with Crippen molar-refractivity contribution in [3.05, 3.63) is 68.8 Å². The van der Waals surface area contributed by atoms with Crippen LogP contribution in [0.1, 0.15) is 11.1 Å². The molecule has 7 heteroatoms. The van der Waals surface area contributed by atoms with Crippen LogP contribution in [0.4, 0.5) is 8.78 Å². The zero-order chi connectivity index (χ0) is 18.4. The van der Waals surface area contributed by atoms with Gasteiger partial charge in [-0.2, -0.15) is 0 Å². The average Bonchev–Trinajstić information content (AvgIpc) is 2.56. The van der Waals surface area contributed by atoms with E-state index < -0.39 is 29.6 Å². The first-order valence-electron chi connectivity index (χ1n) is 7.44. The molecule has 0 fully saturated rings. The van der Waals surface area contributed by atoms with Gasteiger partial charge < -0.3 is 10.1 Å². The van der Waals surface area contributed by atoms with Crippen molar-refractivity contribution in [2.45, 2.75) is 18.9 Å². The van der Waals surface area contributed by atoms with Crippen molar-refractivity contribution in [2.24, 2.45) is 0 Å². The minimum atomic E-state index is -0.890. The molecule has 0 heterocycles. The van der Waals surface area contributed by atoms with Gasteiger partial charge in [-0.15, -0.1) is 0 Å². The average molecular weight is 459 g/mol. The first-order valence-corrected chi connectivity index (χ1v) is 8.52. The molecule has 0 radical (unpaired) electrons. The van der Waals surface area contributed by atoms with E-state index in [-0.39, 0.29) is 18.4 Å². The number of carbonyl (C=O) groups excluding carboxylic acids is 2. The van der Waals surface area contributed by atoms with Crippen LogP contribution in [0.15, 0.2) is 42.5 Å². The summed E-state index contributed by atoms with van der Waals surface area (Å²) in [6, 6.07) is 9.60. The Balaban J connectivity index is 2.08. The summed E-state index contributed by atoms with van der Waals surface area (Å²) in [5, 5.41) is 2.55. The van der Waals surface area contributed by atoms with Gasteiger partial charge in [0.05, 0.1) is 13.5 Å². The van der Waals surface area contributed by atoms with E-state index in [1.165, 1.54) is 13.2 Å². The van der Waals surface area contributed by atoms with Crippen LogP contribution in [0, 0.1) is 15.2 Å². The molecule has 132 valence electrons. The molecule has 0 unspecified atom stereocenters. The first kappa shape index (κ1) is 19.3. The molecule has 25 heavy (non-hydrogen) atoms. The van der Waals surface area contributed by atoms with E-state index in [2.05, 4.69) is 27.9 Å². The molecule has 4 nitrogen and oxygen atoms in total. The molecule has 0 bridgehead atoms.